The van der Waals surface area contributed by atoms with Gasteiger partial charge in [-0.3, -0.25) is 0 Å². The average molecular weight is 200 g/mol. The van der Waals surface area contributed by atoms with Gasteiger partial charge in [0.2, 0.25) is 0 Å². The number of para-hydroxylation sites is 1. The summed E-state index contributed by atoms with van der Waals surface area (Å²) in [5, 5.41) is 4.85. The molecular weight excluding hydrogens is 184 g/mol. The van der Waals surface area contributed by atoms with E-state index in [1.54, 1.807) is 0 Å². The van der Waals surface area contributed by atoms with Gasteiger partial charge in [-0.05, 0) is 25.5 Å². The summed E-state index contributed by atoms with van der Waals surface area (Å²) < 4.78 is 0. The van der Waals surface area contributed by atoms with Crippen LogP contribution in [0.25, 0.3) is 10.9 Å². The molecule has 0 saturated carbocycles. The van der Waals surface area contributed by atoms with E-state index in [9.17, 15) is 0 Å². The summed E-state index contributed by atoms with van der Waals surface area (Å²) in [5.74, 6) is 0.633. The molecule has 1 fully saturated rings. The lowest BCUT2D eigenvalue weighted by Gasteiger charge is -2.46. The molecule has 0 bridgehead atoms. The molecule has 2 N–H and O–H groups in total. The van der Waals surface area contributed by atoms with Gasteiger partial charge in [-0.25, -0.2) is 0 Å². The molecule has 1 unspecified atom stereocenters. The number of nitrogens with one attached hydrogen (secondary N) is 2. The molecule has 2 nitrogen and oxygen atoms in total. The third-order valence-corrected chi connectivity index (χ3v) is 3.63. The fraction of sp³-hybridized carbons (Fsp3) is 0.385. The first kappa shape index (κ1) is 8.98. The molecule has 0 amide bonds. The Morgan fingerprint density at radius 3 is 2.73 bits per heavy atom. The molecule has 0 radical (unpaired) electrons. The van der Waals surface area contributed by atoms with Crippen molar-refractivity contribution < 1.29 is 0 Å². The molecule has 3 rings (SSSR count). The zero-order valence-corrected chi connectivity index (χ0v) is 9.17. The minimum atomic E-state index is 0.241. The highest BCUT2D eigenvalue weighted by Gasteiger charge is 2.39. The highest BCUT2D eigenvalue weighted by Crippen LogP contribution is 2.38. The number of H-pyrrole nitrogens is 1. The van der Waals surface area contributed by atoms with Gasteiger partial charge in [-0.15, -0.1) is 0 Å². The van der Waals surface area contributed by atoms with Crippen LogP contribution in [0.2, 0.25) is 0 Å². The van der Waals surface area contributed by atoms with Crippen LogP contribution in [0.3, 0.4) is 0 Å². The maximum Gasteiger partial charge on any atom is 0.0456 e. The third kappa shape index (κ3) is 1.21. The first-order chi connectivity index (χ1) is 7.18. The van der Waals surface area contributed by atoms with Crippen LogP contribution < -0.4 is 5.32 Å². The van der Waals surface area contributed by atoms with E-state index in [2.05, 4.69) is 54.6 Å². The highest BCUT2D eigenvalue weighted by molar-refractivity contribution is 5.84. The molecule has 1 saturated heterocycles. The summed E-state index contributed by atoms with van der Waals surface area (Å²) in [6, 6.07) is 8.53. The molecule has 1 aromatic heterocycles. The van der Waals surface area contributed by atoms with Crippen molar-refractivity contribution in [2.75, 3.05) is 6.54 Å². The Kier molecular flexibility index (Phi) is 1.71. The van der Waals surface area contributed by atoms with Crippen molar-refractivity contribution >= 4 is 10.9 Å². The van der Waals surface area contributed by atoms with E-state index in [1.807, 2.05) is 0 Å². The third-order valence-electron chi connectivity index (χ3n) is 3.63. The molecule has 0 spiro atoms. The lowest BCUT2D eigenvalue weighted by Crippen LogP contribution is -2.59. The van der Waals surface area contributed by atoms with E-state index >= 15 is 0 Å². The van der Waals surface area contributed by atoms with Crippen LogP contribution in [-0.4, -0.2) is 17.1 Å². The number of benzene rings is 1. The van der Waals surface area contributed by atoms with Gasteiger partial charge in [0.1, 0.15) is 0 Å². The van der Waals surface area contributed by atoms with Crippen molar-refractivity contribution in [3.8, 4) is 0 Å². The largest absolute Gasteiger partial charge is 0.361 e. The SMILES string of the molecule is CC1(C)NCC1c1c[nH]c2ccccc12. The molecule has 2 heteroatoms. The molecule has 15 heavy (non-hydrogen) atoms. The van der Waals surface area contributed by atoms with Crippen molar-refractivity contribution in [1.82, 2.24) is 10.3 Å². The fourth-order valence-electron chi connectivity index (χ4n) is 2.49. The van der Waals surface area contributed by atoms with E-state index in [0.717, 1.165) is 6.54 Å². The monoisotopic (exact) mass is 200 g/mol. The summed E-state index contributed by atoms with van der Waals surface area (Å²) in [7, 11) is 0. The van der Waals surface area contributed by atoms with Gasteiger partial charge >= 0.3 is 0 Å². The Balaban J connectivity index is 2.12. The van der Waals surface area contributed by atoms with E-state index in [4.69, 9.17) is 0 Å². The molecule has 2 heterocycles. The number of rotatable bonds is 1. The number of aromatic nitrogens is 1. The second-order valence-electron chi connectivity index (χ2n) is 4.94. The lowest BCUT2D eigenvalue weighted by molar-refractivity contribution is 0.209. The van der Waals surface area contributed by atoms with Gasteiger partial charge in [-0.1, -0.05) is 18.2 Å². The maximum absolute atomic E-state index is 3.47. The summed E-state index contributed by atoms with van der Waals surface area (Å²) >= 11 is 0. The Morgan fingerprint density at radius 2 is 2.07 bits per heavy atom. The molecule has 0 aliphatic carbocycles. The minimum Gasteiger partial charge on any atom is -0.361 e. The van der Waals surface area contributed by atoms with Gasteiger partial charge in [0, 0.05) is 35.1 Å². The molecule has 78 valence electrons. The van der Waals surface area contributed by atoms with Gasteiger partial charge < -0.3 is 10.3 Å². The molecule has 1 aliphatic heterocycles. The molecular formula is C13H16N2. The summed E-state index contributed by atoms with van der Waals surface area (Å²) in [6.45, 7) is 5.63. The quantitative estimate of drug-likeness (QED) is 0.727. The van der Waals surface area contributed by atoms with Gasteiger partial charge in [0.05, 0.1) is 0 Å². The number of hydrogen-bond acceptors (Lipinski definition) is 1. The number of hydrogen-bond donors (Lipinski definition) is 2. The molecule has 1 atom stereocenters. The van der Waals surface area contributed by atoms with Gasteiger partial charge in [0.15, 0.2) is 0 Å². The smallest absolute Gasteiger partial charge is 0.0456 e. The van der Waals surface area contributed by atoms with Crippen LogP contribution in [0.1, 0.15) is 25.3 Å². The molecule has 1 aromatic carbocycles. The summed E-state index contributed by atoms with van der Waals surface area (Å²) in [5.41, 5.74) is 2.94. The fourth-order valence-corrected chi connectivity index (χ4v) is 2.49. The van der Waals surface area contributed by atoms with Crippen molar-refractivity contribution in [3.63, 3.8) is 0 Å². The van der Waals surface area contributed by atoms with E-state index in [1.165, 1.54) is 16.5 Å². The Bertz CT molecular complexity index is 496. The summed E-state index contributed by atoms with van der Waals surface area (Å²) in [4.78, 5) is 3.35. The van der Waals surface area contributed by atoms with Crippen molar-refractivity contribution in [1.29, 1.82) is 0 Å². The van der Waals surface area contributed by atoms with Crippen LogP contribution in [0.4, 0.5) is 0 Å². The molecule has 2 aromatic rings. The van der Waals surface area contributed by atoms with E-state index in [0.29, 0.717) is 5.92 Å². The topological polar surface area (TPSA) is 27.8 Å². The van der Waals surface area contributed by atoms with Crippen LogP contribution >= 0.6 is 0 Å². The average Bonchev–Trinajstić information content (AvgIpc) is 2.61. The van der Waals surface area contributed by atoms with Gasteiger partial charge in [-0.2, -0.15) is 0 Å². The van der Waals surface area contributed by atoms with E-state index in [-0.39, 0.29) is 5.54 Å². The van der Waals surface area contributed by atoms with Crippen LogP contribution in [0.5, 0.6) is 0 Å². The number of aromatic amines is 1. The Labute approximate surface area is 89.7 Å². The normalized spacial score (nSPS) is 24.0. The highest BCUT2D eigenvalue weighted by atomic mass is 15.1. The molecule has 1 aliphatic rings. The Hall–Kier alpha value is -1.28. The maximum atomic E-state index is 3.47. The lowest BCUT2D eigenvalue weighted by atomic mass is 9.75. The van der Waals surface area contributed by atoms with Crippen molar-refractivity contribution in [2.45, 2.75) is 25.3 Å². The zero-order chi connectivity index (χ0) is 10.5. The van der Waals surface area contributed by atoms with E-state index < -0.39 is 0 Å². The number of fused-ring (bicyclic) bond motifs is 1. The van der Waals surface area contributed by atoms with Crippen LogP contribution in [0.15, 0.2) is 30.5 Å². The zero-order valence-electron chi connectivity index (χ0n) is 9.17. The predicted octanol–water partition coefficient (Wildman–Crippen LogP) is 2.63. The van der Waals surface area contributed by atoms with Crippen molar-refractivity contribution in [2.24, 2.45) is 0 Å². The first-order valence-electron chi connectivity index (χ1n) is 5.49. The minimum absolute atomic E-state index is 0.241. The Morgan fingerprint density at radius 1 is 1.27 bits per heavy atom. The van der Waals surface area contributed by atoms with Crippen LogP contribution in [-0.2, 0) is 0 Å². The van der Waals surface area contributed by atoms with Gasteiger partial charge in [0.25, 0.3) is 0 Å². The predicted molar refractivity (Wildman–Crippen MR) is 63.1 cm³/mol. The second kappa shape index (κ2) is 2.86. The van der Waals surface area contributed by atoms with Crippen LogP contribution in [0, 0.1) is 0 Å². The standard InChI is InChI=1S/C13H16N2/c1-13(2)11(8-15-13)10-7-14-12-6-4-3-5-9(10)12/h3-7,11,14-15H,8H2,1-2H3. The van der Waals surface area contributed by atoms with Crippen molar-refractivity contribution in [3.05, 3.63) is 36.0 Å². The first-order valence-corrected chi connectivity index (χ1v) is 5.49. The second-order valence-corrected chi connectivity index (χ2v) is 4.94. The summed E-state index contributed by atoms with van der Waals surface area (Å²) in [6.07, 6.45) is 2.16.